The lowest BCUT2D eigenvalue weighted by atomic mass is 10.1. The predicted molar refractivity (Wildman–Crippen MR) is 54.6 cm³/mol. The van der Waals surface area contributed by atoms with Crippen LogP contribution < -0.4 is 5.32 Å². The Morgan fingerprint density at radius 1 is 1.27 bits per heavy atom. The standard InChI is InChI=1S/C11H13NO3/c13-8-3-1-7(2-4-8)9-5-6-10(12-9)11(14)15/h1-4,9-10,12-13H,5-6H2,(H,14,15)/t9-,10-/m1/s1. The van der Waals surface area contributed by atoms with E-state index in [0.717, 1.165) is 12.0 Å². The number of aliphatic carboxylic acids is 1. The molecular formula is C11H13NO3. The van der Waals surface area contributed by atoms with E-state index < -0.39 is 12.0 Å². The molecule has 2 rings (SSSR count). The highest BCUT2D eigenvalue weighted by Gasteiger charge is 2.29. The number of rotatable bonds is 2. The van der Waals surface area contributed by atoms with Crippen LogP contribution >= 0.6 is 0 Å². The van der Waals surface area contributed by atoms with E-state index in [2.05, 4.69) is 5.32 Å². The van der Waals surface area contributed by atoms with Gasteiger partial charge in [-0.3, -0.25) is 10.1 Å². The predicted octanol–water partition coefficient (Wildman–Crippen LogP) is 1.27. The highest BCUT2D eigenvalue weighted by Crippen LogP contribution is 2.27. The number of benzene rings is 1. The first-order valence-electron chi connectivity index (χ1n) is 4.94. The molecule has 15 heavy (non-hydrogen) atoms. The second-order valence-electron chi connectivity index (χ2n) is 3.78. The summed E-state index contributed by atoms with van der Waals surface area (Å²) in [6, 6.07) is 6.51. The zero-order chi connectivity index (χ0) is 10.8. The third-order valence-electron chi connectivity index (χ3n) is 2.74. The van der Waals surface area contributed by atoms with E-state index in [9.17, 15) is 4.79 Å². The Hall–Kier alpha value is -1.55. The fourth-order valence-corrected chi connectivity index (χ4v) is 1.91. The number of nitrogens with one attached hydrogen (secondary N) is 1. The molecule has 0 aromatic heterocycles. The normalized spacial score (nSPS) is 25.3. The van der Waals surface area contributed by atoms with Crippen LogP contribution in [0.1, 0.15) is 24.4 Å². The minimum Gasteiger partial charge on any atom is -0.508 e. The van der Waals surface area contributed by atoms with E-state index in [-0.39, 0.29) is 11.8 Å². The van der Waals surface area contributed by atoms with Gasteiger partial charge in [-0.05, 0) is 30.5 Å². The first kappa shape index (κ1) is 9.98. The highest BCUT2D eigenvalue weighted by atomic mass is 16.4. The van der Waals surface area contributed by atoms with E-state index >= 15 is 0 Å². The van der Waals surface area contributed by atoms with Gasteiger partial charge in [-0.1, -0.05) is 12.1 Å². The molecule has 0 spiro atoms. The Bertz CT molecular complexity index is 361. The molecule has 80 valence electrons. The molecule has 0 saturated carbocycles. The Balaban J connectivity index is 2.07. The van der Waals surface area contributed by atoms with Gasteiger partial charge in [-0.2, -0.15) is 0 Å². The monoisotopic (exact) mass is 207 g/mol. The molecule has 1 aromatic rings. The molecule has 1 heterocycles. The van der Waals surface area contributed by atoms with Crippen molar-refractivity contribution in [3.8, 4) is 5.75 Å². The maximum Gasteiger partial charge on any atom is 0.320 e. The lowest BCUT2D eigenvalue weighted by molar-refractivity contribution is -0.139. The number of hydrogen-bond acceptors (Lipinski definition) is 3. The van der Waals surface area contributed by atoms with Crippen LogP contribution in [-0.4, -0.2) is 22.2 Å². The first-order chi connectivity index (χ1) is 7.16. The number of carboxylic acid groups (broad SMARTS) is 1. The highest BCUT2D eigenvalue weighted by molar-refractivity contribution is 5.73. The number of aromatic hydroxyl groups is 1. The summed E-state index contributed by atoms with van der Waals surface area (Å²) in [5.74, 6) is -0.567. The van der Waals surface area contributed by atoms with Crippen molar-refractivity contribution in [2.45, 2.75) is 24.9 Å². The van der Waals surface area contributed by atoms with Crippen molar-refractivity contribution in [3.05, 3.63) is 29.8 Å². The maximum absolute atomic E-state index is 10.7. The summed E-state index contributed by atoms with van der Waals surface area (Å²) in [7, 11) is 0. The molecule has 0 unspecified atom stereocenters. The number of carboxylic acids is 1. The van der Waals surface area contributed by atoms with Crippen molar-refractivity contribution in [1.82, 2.24) is 5.32 Å². The van der Waals surface area contributed by atoms with E-state index in [1.807, 2.05) is 12.1 Å². The number of phenols is 1. The molecule has 0 radical (unpaired) electrons. The van der Waals surface area contributed by atoms with E-state index in [4.69, 9.17) is 10.2 Å². The average molecular weight is 207 g/mol. The van der Waals surface area contributed by atoms with Crippen LogP contribution in [0, 0.1) is 0 Å². The smallest absolute Gasteiger partial charge is 0.320 e. The van der Waals surface area contributed by atoms with Crippen LogP contribution in [0.4, 0.5) is 0 Å². The third kappa shape index (κ3) is 2.10. The van der Waals surface area contributed by atoms with Gasteiger partial charge in [0.05, 0.1) is 0 Å². The van der Waals surface area contributed by atoms with Crippen molar-refractivity contribution in [1.29, 1.82) is 0 Å². The van der Waals surface area contributed by atoms with Gasteiger partial charge in [0.1, 0.15) is 11.8 Å². The van der Waals surface area contributed by atoms with Gasteiger partial charge in [0, 0.05) is 6.04 Å². The minimum absolute atomic E-state index is 0.0895. The molecular weight excluding hydrogens is 194 g/mol. The second-order valence-corrected chi connectivity index (χ2v) is 3.78. The van der Waals surface area contributed by atoms with E-state index in [1.54, 1.807) is 12.1 Å². The SMILES string of the molecule is O=C(O)[C@H]1CC[C@H](c2ccc(O)cc2)N1. The first-order valence-corrected chi connectivity index (χ1v) is 4.94. The van der Waals surface area contributed by atoms with Gasteiger partial charge in [0.25, 0.3) is 0 Å². The average Bonchev–Trinajstić information content (AvgIpc) is 2.68. The van der Waals surface area contributed by atoms with Crippen molar-refractivity contribution >= 4 is 5.97 Å². The van der Waals surface area contributed by atoms with Gasteiger partial charge in [-0.25, -0.2) is 0 Å². The summed E-state index contributed by atoms with van der Waals surface area (Å²) in [5, 5.41) is 21.0. The Labute approximate surface area is 87.6 Å². The summed E-state index contributed by atoms with van der Waals surface area (Å²) >= 11 is 0. The summed E-state index contributed by atoms with van der Waals surface area (Å²) < 4.78 is 0. The molecule has 3 N–H and O–H groups in total. The van der Waals surface area contributed by atoms with Crippen molar-refractivity contribution in [2.24, 2.45) is 0 Å². The second kappa shape index (κ2) is 3.90. The van der Waals surface area contributed by atoms with Gasteiger partial charge in [0.2, 0.25) is 0 Å². The van der Waals surface area contributed by atoms with Crippen LogP contribution in [0.25, 0.3) is 0 Å². The van der Waals surface area contributed by atoms with Gasteiger partial charge < -0.3 is 10.2 Å². The maximum atomic E-state index is 10.7. The molecule has 4 heteroatoms. The molecule has 2 atom stereocenters. The zero-order valence-corrected chi connectivity index (χ0v) is 8.18. The summed E-state index contributed by atoms with van der Waals surface area (Å²) in [4.78, 5) is 10.7. The minimum atomic E-state index is -0.795. The molecule has 0 bridgehead atoms. The van der Waals surface area contributed by atoms with Crippen molar-refractivity contribution < 1.29 is 15.0 Å². The van der Waals surface area contributed by atoms with Crippen molar-refractivity contribution in [3.63, 3.8) is 0 Å². The topological polar surface area (TPSA) is 69.6 Å². The number of phenolic OH excluding ortho intramolecular Hbond substituents is 1. The quantitative estimate of drug-likeness (QED) is 0.683. The fraction of sp³-hybridized carbons (Fsp3) is 0.364. The number of hydrogen-bond donors (Lipinski definition) is 3. The van der Waals surface area contributed by atoms with Gasteiger partial charge >= 0.3 is 5.97 Å². The molecule has 1 fully saturated rings. The Morgan fingerprint density at radius 2 is 1.93 bits per heavy atom. The van der Waals surface area contributed by atoms with Crippen LogP contribution in [0.15, 0.2) is 24.3 Å². The molecule has 4 nitrogen and oxygen atoms in total. The summed E-state index contributed by atoms with van der Waals surface area (Å²) in [5.41, 5.74) is 1.02. The number of carbonyl (C=O) groups is 1. The largest absolute Gasteiger partial charge is 0.508 e. The van der Waals surface area contributed by atoms with Crippen LogP contribution in [0.2, 0.25) is 0 Å². The van der Waals surface area contributed by atoms with Gasteiger partial charge in [-0.15, -0.1) is 0 Å². The molecule has 1 aliphatic heterocycles. The van der Waals surface area contributed by atoms with Crippen LogP contribution in [-0.2, 0) is 4.79 Å². The summed E-state index contributed by atoms with van der Waals surface area (Å²) in [6.07, 6.45) is 1.47. The summed E-state index contributed by atoms with van der Waals surface area (Å²) in [6.45, 7) is 0. The van der Waals surface area contributed by atoms with Crippen molar-refractivity contribution in [2.75, 3.05) is 0 Å². The van der Waals surface area contributed by atoms with Gasteiger partial charge in [0.15, 0.2) is 0 Å². The molecule has 1 aromatic carbocycles. The molecule has 1 saturated heterocycles. The Morgan fingerprint density at radius 3 is 2.47 bits per heavy atom. The molecule has 0 aliphatic carbocycles. The third-order valence-corrected chi connectivity index (χ3v) is 2.74. The van der Waals surface area contributed by atoms with E-state index in [1.165, 1.54) is 0 Å². The zero-order valence-electron chi connectivity index (χ0n) is 8.18. The van der Waals surface area contributed by atoms with E-state index in [0.29, 0.717) is 6.42 Å². The molecule has 0 amide bonds. The lowest BCUT2D eigenvalue weighted by Gasteiger charge is -2.11. The lowest BCUT2D eigenvalue weighted by Crippen LogP contribution is -2.31. The fourth-order valence-electron chi connectivity index (χ4n) is 1.91. The van der Waals surface area contributed by atoms with Crippen LogP contribution in [0.5, 0.6) is 5.75 Å². The Kier molecular flexibility index (Phi) is 2.60. The molecule has 1 aliphatic rings. The van der Waals surface area contributed by atoms with Crippen LogP contribution in [0.3, 0.4) is 0 Å².